The highest BCUT2D eigenvalue weighted by atomic mass is 16.6. The number of phenols is 1. The minimum atomic E-state index is -1.05. The summed E-state index contributed by atoms with van der Waals surface area (Å²) in [5.41, 5.74) is -0.392. The first-order valence-corrected chi connectivity index (χ1v) is 11.2. The van der Waals surface area contributed by atoms with Crippen LogP contribution < -0.4 is 10.6 Å². The lowest BCUT2D eigenvalue weighted by molar-refractivity contribution is -0.141. The third kappa shape index (κ3) is 8.77. The molecule has 3 N–H and O–H groups in total. The molecule has 2 atom stereocenters. The van der Waals surface area contributed by atoms with Crippen LogP contribution in [0.25, 0.3) is 0 Å². The Kier molecular flexibility index (Phi) is 10.5. The van der Waals surface area contributed by atoms with E-state index in [1.54, 1.807) is 39.0 Å². The van der Waals surface area contributed by atoms with Crippen LogP contribution in [0.15, 0.2) is 24.3 Å². The number of ether oxygens (including phenoxy) is 1. The molecule has 0 radical (unpaired) electrons. The number of carbonyl (C=O) groups is 3. The molecule has 0 spiro atoms. The highest BCUT2D eigenvalue weighted by molar-refractivity contribution is 5.92. The van der Waals surface area contributed by atoms with Gasteiger partial charge in [0.1, 0.15) is 23.4 Å². The van der Waals surface area contributed by atoms with Crippen molar-refractivity contribution >= 4 is 17.9 Å². The van der Waals surface area contributed by atoms with E-state index in [4.69, 9.17) is 4.74 Å². The SMILES string of the molecule is CCCCNC(=O)C(c1ccccc1O)N(C)C(=O)C(CC(C)C)NC(=O)OC(C)(C)C. The number of phenolic OH excluding ortho intramolecular Hbond substituents is 1. The summed E-state index contributed by atoms with van der Waals surface area (Å²) in [5, 5.41) is 15.9. The first-order valence-electron chi connectivity index (χ1n) is 11.2. The minimum absolute atomic E-state index is 0.0803. The molecule has 0 aliphatic rings. The van der Waals surface area contributed by atoms with Gasteiger partial charge in [0, 0.05) is 19.2 Å². The van der Waals surface area contributed by atoms with Gasteiger partial charge in [0.2, 0.25) is 11.8 Å². The second kappa shape index (κ2) is 12.3. The van der Waals surface area contributed by atoms with Crippen molar-refractivity contribution in [2.45, 2.75) is 78.5 Å². The van der Waals surface area contributed by atoms with Crippen molar-refractivity contribution in [1.29, 1.82) is 0 Å². The van der Waals surface area contributed by atoms with Gasteiger partial charge < -0.3 is 25.4 Å². The quantitative estimate of drug-likeness (QED) is 0.472. The van der Waals surface area contributed by atoms with Crippen molar-refractivity contribution < 1.29 is 24.2 Å². The molecule has 180 valence electrons. The van der Waals surface area contributed by atoms with Gasteiger partial charge in [0.05, 0.1) is 0 Å². The Morgan fingerprint density at radius 3 is 2.31 bits per heavy atom. The molecule has 8 nitrogen and oxygen atoms in total. The van der Waals surface area contributed by atoms with Crippen LogP contribution >= 0.6 is 0 Å². The Bertz CT molecular complexity index is 773. The Labute approximate surface area is 191 Å². The van der Waals surface area contributed by atoms with Crippen molar-refractivity contribution in [1.82, 2.24) is 15.5 Å². The van der Waals surface area contributed by atoms with Crippen LogP contribution in [0.5, 0.6) is 5.75 Å². The maximum absolute atomic E-state index is 13.4. The molecule has 0 aromatic heterocycles. The van der Waals surface area contributed by atoms with Crippen molar-refractivity contribution in [3.8, 4) is 5.75 Å². The number of para-hydroxylation sites is 1. The van der Waals surface area contributed by atoms with Crippen LogP contribution in [0.4, 0.5) is 4.79 Å². The van der Waals surface area contributed by atoms with E-state index in [0.29, 0.717) is 18.5 Å². The molecule has 0 saturated heterocycles. The fraction of sp³-hybridized carbons (Fsp3) is 0.625. The van der Waals surface area contributed by atoms with E-state index in [0.717, 1.165) is 12.8 Å². The maximum Gasteiger partial charge on any atom is 0.408 e. The molecule has 0 saturated carbocycles. The van der Waals surface area contributed by atoms with Crippen LogP contribution in [0.1, 0.15) is 72.4 Å². The maximum atomic E-state index is 13.4. The molecule has 1 rings (SSSR count). The van der Waals surface area contributed by atoms with Crippen LogP contribution in [0.2, 0.25) is 0 Å². The van der Waals surface area contributed by atoms with Crippen LogP contribution in [-0.4, -0.2) is 53.1 Å². The van der Waals surface area contributed by atoms with Gasteiger partial charge in [-0.3, -0.25) is 9.59 Å². The standard InChI is InChI=1S/C24H39N3O5/c1-8-9-14-25-21(29)20(17-12-10-11-13-19(17)28)27(7)22(30)18(15-16(2)3)26-23(31)32-24(4,5)6/h10-13,16,18,20,28H,8-9,14-15H2,1-7H3,(H,25,29)(H,26,31). The molecule has 0 aliphatic heterocycles. The summed E-state index contributed by atoms with van der Waals surface area (Å²) in [5.74, 6) is -0.808. The van der Waals surface area contributed by atoms with E-state index < -0.39 is 35.6 Å². The van der Waals surface area contributed by atoms with Crippen molar-refractivity contribution in [2.24, 2.45) is 5.92 Å². The van der Waals surface area contributed by atoms with Crippen LogP contribution in [0.3, 0.4) is 0 Å². The number of nitrogens with one attached hydrogen (secondary N) is 2. The molecule has 1 aromatic carbocycles. The van der Waals surface area contributed by atoms with Gasteiger partial charge in [-0.25, -0.2) is 4.79 Å². The van der Waals surface area contributed by atoms with Gasteiger partial charge in [-0.1, -0.05) is 45.4 Å². The predicted octanol–water partition coefficient (Wildman–Crippen LogP) is 3.75. The van der Waals surface area contributed by atoms with E-state index in [1.807, 2.05) is 20.8 Å². The first-order chi connectivity index (χ1) is 14.9. The van der Waals surface area contributed by atoms with Crippen LogP contribution in [-0.2, 0) is 14.3 Å². The van der Waals surface area contributed by atoms with Crippen molar-refractivity contribution in [3.05, 3.63) is 29.8 Å². The summed E-state index contributed by atoms with van der Waals surface area (Å²) in [6, 6.07) is 4.51. The summed E-state index contributed by atoms with van der Waals surface area (Å²) >= 11 is 0. The molecule has 0 fully saturated rings. The zero-order valence-electron chi connectivity index (χ0n) is 20.4. The molecule has 3 amide bonds. The third-order valence-electron chi connectivity index (χ3n) is 4.74. The smallest absolute Gasteiger partial charge is 0.408 e. The zero-order chi connectivity index (χ0) is 24.5. The van der Waals surface area contributed by atoms with Gasteiger partial charge in [0.25, 0.3) is 0 Å². The summed E-state index contributed by atoms with van der Waals surface area (Å²) in [4.78, 5) is 40.1. The Morgan fingerprint density at radius 2 is 1.78 bits per heavy atom. The average molecular weight is 450 g/mol. The summed E-state index contributed by atoms with van der Waals surface area (Å²) in [7, 11) is 1.50. The van der Waals surface area contributed by atoms with Gasteiger partial charge in [0.15, 0.2) is 0 Å². The highest BCUT2D eigenvalue weighted by Gasteiger charge is 2.35. The molecular weight excluding hydrogens is 410 g/mol. The van der Waals surface area contributed by atoms with Gasteiger partial charge in [-0.15, -0.1) is 0 Å². The Balaban J connectivity index is 3.20. The fourth-order valence-corrected chi connectivity index (χ4v) is 3.25. The predicted molar refractivity (Wildman–Crippen MR) is 124 cm³/mol. The number of carbonyl (C=O) groups excluding carboxylic acids is 3. The largest absolute Gasteiger partial charge is 0.508 e. The summed E-state index contributed by atoms with van der Waals surface area (Å²) in [6.45, 7) is 11.6. The summed E-state index contributed by atoms with van der Waals surface area (Å²) < 4.78 is 5.32. The van der Waals surface area contributed by atoms with Crippen molar-refractivity contribution in [2.75, 3.05) is 13.6 Å². The van der Waals surface area contributed by atoms with Gasteiger partial charge >= 0.3 is 6.09 Å². The number of nitrogens with zero attached hydrogens (tertiary/aromatic N) is 1. The van der Waals surface area contributed by atoms with E-state index in [1.165, 1.54) is 18.0 Å². The minimum Gasteiger partial charge on any atom is -0.508 e. The van der Waals surface area contributed by atoms with E-state index in [2.05, 4.69) is 10.6 Å². The van der Waals surface area contributed by atoms with Gasteiger partial charge in [-0.2, -0.15) is 0 Å². The number of benzene rings is 1. The average Bonchev–Trinajstić information content (AvgIpc) is 2.66. The lowest BCUT2D eigenvalue weighted by Gasteiger charge is -2.32. The molecule has 0 bridgehead atoms. The highest BCUT2D eigenvalue weighted by Crippen LogP contribution is 2.29. The monoisotopic (exact) mass is 449 g/mol. The number of aromatic hydroxyl groups is 1. The molecule has 8 heteroatoms. The fourth-order valence-electron chi connectivity index (χ4n) is 3.25. The molecule has 32 heavy (non-hydrogen) atoms. The number of alkyl carbamates (subject to hydrolysis) is 1. The molecule has 1 aromatic rings. The Hall–Kier alpha value is -2.77. The summed E-state index contributed by atoms with van der Waals surface area (Å²) in [6.07, 6.45) is 1.38. The van der Waals surface area contributed by atoms with E-state index >= 15 is 0 Å². The van der Waals surface area contributed by atoms with Crippen LogP contribution in [0, 0.1) is 5.92 Å². The third-order valence-corrected chi connectivity index (χ3v) is 4.74. The van der Waals surface area contributed by atoms with E-state index in [-0.39, 0.29) is 11.7 Å². The number of unbranched alkanes of at least 4 members (excludes halogenated alkanes) is 1. The van der Waals surface area contributed by atoms with E-state index in [9.17, 15) is 19.5 Å². The number of amides is 3. The number of likely N-dealkylation sites (N-methyl/N-ethyl adjacent to an activating group) is 1. The molecular formula is C24H39N3O5. The van der Waals surface area contributed by atoms with Crippen molar-refractivity contribution in [3.63, 3.8) is 0 Å². The molecule has 2 unspecified atom stereocenters. The number of hydrogen-bond donors (Lipinski definition) is 3. The van der Waals surface area contributed by atoms with Gasteiger partial charge in [-0.05, 0) is 45.6 Å². The second-order valence-corrected chi connectivity index (χ2v) is 9.38. The lowest BCUT2D eigenvalue weighted by atomic mass is 9.99. The lowest BCUT2D eigenvalue weighted by Crippen LogP contribution is -2.52. The Morgan fingerprint density at radius 1 is 1.16 bits per heavy atom. The normalized spacial score (nSPS) is 13.2. The number of rotatable bonds is 10. The molecule has 0 aliphatic carbocycles. The number of hydrogen-bond acceptors (Lipinski definition) is 5. The molecule has 0 heterocycles. The first kappa shape index (κ1) is 27.3. The topological polar surface area (TPSA) is 108 Å². The second-order valence-electron chi connectivity index (χ2n) is 9.38. The zero-order valence-corrected chi connectivity index (χ0v) is 20.4.